The largest absolute Gasteiger partial charge is 0.497 e. The Morgan fingerprint density at radius 3 is 2.50 bits per heavy atom. The second-order valence-corrected chi connectivity index (χ2v) is 7.11. The van der Waals surface area contributed by atoms with Crippen LogP contribution in [0.1, 0.15) is 30.5 Å². The summed E-state index contributed by atoms with van der Waals surface area (Å²) in [4.78, 5) is 12.5. The van der Waals surface area contributed by atoms with E-state index in [0.29, 0.717) is 17.9 Å². The molecule has 0 aliphatic carbocycles. The van der Waals surface area contributed by atoms with Crippen LogP contribution >= 0.6 is 0 Å². The van der Waals surface area contributed by atoms with Gasteiger partial charge in [-0.1, -0.05) is 36.4 Å². The molecule has 1 atom stereocenters. The van der Waals surface area contributed by atoms with Crippen LogP contribution in [0.4, 0.5) is 0 Å². The molecule has 154 valence electrons. The third kappa shape index (κ3) is 3.34. The molecule has 6 nitrogen and oxygen atoms in total. The van der Waals surface area contributed by atoms with Gasteiger partial charge in [0.2, 0.25) is 5.91 Å². The molecule has 1 aliphatic rings. The van der Waals surface area contributed by atoms with Gasteiger partial charge in [-0.3, -0.25) is 4.79 Å². The van der Waals surface area contributed by atoms with Crippen molar-refractivity contribution in [3.63, 3.8) is 0 Å². The summed E-state index contributed by atoms with van der Waals surface area (Å²) in [7, 11) is 4.89. The van der Waals surface area contributed by atoms with Crippen molar-refractivity contribution in [3.8, 4) is 17.2 Å². The second kappa shape index (κ2) is 8.06. The van der Waals surface area contributed by atoms with Crippen LogP contribution in [0.25, 0.3) is 10.8 Å². The SMILES string of the molecule is COc1ccc(OC)c(C2=NN(C(C)=O)[C@@H](c3ccc4ccccc4c3OC)C2)c1. The molecular weight excluding hydrogens is 380 g/mol. The lowest BCUT2D eigenvalue weighted by atomic mass is 9.94. The van der Waals surface area contributed by atoms with Gasteiger partial charge in [0.25, 0.3) is 0 Å². The Morgan fingerprint density at radius 1 is 1.00 bits per heavy atom. The number of amides is 1. The Bertz CT molecular complexity index is 1140. The first kappa shape index (κ1) is 19.8. The van der Waals surface area contributed by atoms with Crippen molar-refractivity contribution in [3.05, 3.63) is 65.7 Å². The van der Waals surface area contributed by atoms with Crippen molar-refractivity contribution >= 4 is 22.4 Å². The number of hydrogen-bond acceptors (Lipinski definition) is 5. The van der Waals surface area contributed by atoms with E-state index < -0.39 is 0 Å². The molecule has 3 aromatic rings. The van der Waals surface area contributed by atoms with Crippen molar-refractivity contribution in [1.29, 1.82) is 0 Å². The van der Waals surface area contributed by atoms with E-state index in [2.05, 4.69) is 11.2 Å². The maximum Gasteiger partial charge on any atom is 0.240 e. The number of rotatable bonds is 5. The number of methoxy groups -OCH3 is 3. The molecule has 0 saturated carbocycles. The molecular formula is C24H24N2O4. The smallest absolute Gasteiger partial charge is 0.240 e. The third-order valence-corrected chi connectivity index (χ3v) is 5.42. The fraction of sp³-hybridized carbons (Fsp3) is 0.250. The molecule has 6 heteroatoms. The highest BCUT2D eigenvalue weighted by atomic mass is 16.5. The number of nitrogens with zero attached hydrogens (tertiary/aromatic N) is 2. The lowest BCUT2D eigenvalue weighted by Gasteiger charge is -2.23. The Hall–Kier alpha value is -3.54. The highest BCUT2D eigenvalue weighted by Gasteiger charge is 2.34. The van der Waals surface area contributed by atoms with Crippen LogP contribution in [-0.4, -0.2) is 38.0 Å². The number of fused-ring (bicyclic) bond motifs is 1. The molecule has 3 aromatic carbocycles. The van der Waals surface area contributed by atoms with Crippen molar-refractivity contribution in [2.45, 2.75) is 19.4 Å². The minimum atomic E-state index is -0.270. The van der Waals surface area contributed by atoms with Gasteiger partial charge in [-0.15, -0.1) is 0 Å². The molecule has 0 fully saturated rings. The normalized spacial score (nSPS) is 15.8. The van der Waals surface area contributed by atoms with Gasteiger partial charge < -0.3 is 14.2 Å². The van der Waals surface area contributed by atoms with E-state index in [1.807, 2.05) is 48.5 Å². The van der Waals surface area contributed by atoms with Crippen LogP contribution in [0.2, 0.25) is 0 Å². The van der Waals surface area contributed by atoms with E-state index in [1.54, 1.807) is 21.3 Å². The number of hydrazone groups is 1. The molecule has 0 spiro atoms. The molecule has 0 radical (unpaired) electrons. The first-order chi connectivity index (χ1) is 14.6. The Balaban J connectivity index is 1.81. The van der Waals surface area contributed by atoms with E-state index in [0.717, 1.165) is 33.4 Å². The first-order valence-electron chi connectivity index (χ1n) is 9.72. The summed E-state index contributed by atoms with van der Waals surface area (Å²) < 4.78 is 16.7. The molecule has 1 aliphatic heterocycles. The number of ether oxygens (including phenoxy) is 3. The molecule has 30 heavy (non-hydrogen) atoms. The predicted molar refractivity (Wildman–Crippen MR) is 116 cm³/mol. The minimum absolute atomic E-state index is 0.132. The topological polar surface area (TPSA) is 60.4 Å². The summed E-state index contributed by atoms with van der Waals surface area (Å²) in [6.45, 7) is 1.52. The first-order valence-corrected chi connectivity index (χ1v) is 9.72. The van der Waals surface area contributed by atoms with Crippen molar-refractivity contribution < 1.29 is 19.0 Å². The quantitative estimate of drug-likeness (QED) is 0.625. The zero-order valence-corrected chi connectivity index (χ0v) is 17.5. The fourth-order valence-corrected chi connectivity index (χ4v) is 4.00. The van der Waals surface area contributed by atoms with Crippen LogP contribution in [0.15, 0.2) is 59.7 Å². The summed E-state index contributed by atoms with van der Waals surface area (Å²) in [6.07, 6.45) is 0.539. The van der Waals surface area contributed by atoms with Crippen LogP contribution < -0.4 is 14.2 Å². The van der Waals surface area contributed by atoms with Crippen molar-refractivity contribution in [2.24, 2.45) is 5.10 Å². The molecule has 0 aromatic heterocycles. The zero-order valence-electron chi connectivity index (χ0n) is 17.5. The van der Waals surface area contributed by atoms with Crippen LogP contribution in [0.5, 0.6) is 17.2 Å². The molecule has 4 rings (SSSR count). The summed E-state index contributed by atoms with van der Waals surface area (Å²) in [5, 5.41) is 8.29. The summed E-state index contributed by atoms with van der Waals surface area (Å²) in [6, 6.07) is 17.4. The Labute approximate surface area is 175 Å². The average Bonchev–Trinajstić information content (AvgIpc) is 3.23. The van der Waals surface area contributed by atoms with Gasteiger partial charge in [-0.05, 0) is 23.6 Å². The highest BCUT2D eigenvalue weighted by molar-refractivity contribution is 6.05. The van der Waals surface area contributed by atoms with Gasteiger partial charge in [-0.2, -0.15) is 5.10 Å². The van der Waals surface area contributed by atoms with Crippen LogP contribution in [0, 0.1) is 0 Å². The number of benzene rings is 3. The Kier molecular flexibility index (Phi) is 5.31. The van der Waals surface area contributed by atoms with E-state index in [-0.39, 0.29) is 11.9 Å². The van der Waals surface area contributed by atoms with Gasteiger partial charge in [0, 0.05) is 29.9 Å². The Morgan fingerprint density at radius 2 is 1.80 bits per heavy atom. The summed E-state index contributed by atoms with van der Waals surface area (Å²) in [5.41, 5.74) is 2.50. The summed E-state index contributed by atoms with van der Waals surface area (Å²) >= 11 is 0. The third-order valence-electron chi connectivity index (χ3n) is 5.42. The number of carbonyl (C=O) groups is 1. The maximum absolute atomic E-state index is 12.5. The maximum atomic E-state index is 12.5. The molecule has 0 unspecified atom stereocenters. The van der Waals surface area contributed by atoms with E-state index >= 15 is 0 Å². The standard InChI is InChI=1S/C24H24N2O4/c1-15(27)26-22(19-11-9-16-7-5-6-8-18(16)24(19)30-4)14-21(25-26)20-13-17(28-2)10-12-23(20)29-3/h5-13,22H,14H2,1-4H3/t22-/m1/s1. The number of carbonyl (C=O) groups excluding carboxylic acids is 1. The van der Waals surface area contributed by atoms with Gasteiger partial charge in [0.1, 0.15) is 17.2 Å². The summed E-state index contributed by atoms with van der Waals surface area (Å²) in [5.74, 6) is 2.02. The molecule has 1 heterocycles. The van der Waals surface area contributed by atoms with Gasteiger partial charge in [0.15, 0.2) is 0 Å². The lowest BCUT2D eigenvalue weighted by molar-refractivity contribution is -0.130. The van der Waals surface area contributed by atoms with E-state index in [4.69, 9.17) is 14.2 Å². The lowest BCUT2D eigenvalue weighted by Crippen LogP contribution is -2.24. The average molecular weight is 404 g/mol. The van der Waals surface area contributed by atoms with Crippen molar-refractivity contribution in [1.82, 2.24) is 5.01 Å². The van der Waals surface area contributed by atoms with Gasteiger partial charge in [-0.25, -0.2) is 5.01 Å². The second-order valence-electron chi connectivity index (χ2n) is 7.11. The molecule has 0 N–H and O–H groups in total. The monoisotopic (exact) mass is 404 g/mol. The van der Waals surface area contributed by atoms with E-state index in [1.165, 1.54) is 11.9 Å². The minimum Gasteiger partial charge on any atom is -0.497 e. The predicted octanol–water partition coefficient (Wildman–Crippen LogP) is 4.56. The molecule has 0 bridgehead atoms. The highest BCUT2D eigenvalue weighted by Crippen LogP contribution is 2.42. The van der Waals surface area contributed by atoms with Crippen LogP contribution in [-0.2, 0) is 4.79 Å². The fourth-order valence-electron chi connectivity index (χ4n) is 4.00. The van der Waals surface area contributed by atoms with E-state index in [9.17, 15) is 4.79 Å². The van der Waals surface area contributed by atoms with Gasteiger partial charge in [0.05, 0.1) is 33.1 Å². The van der Waals surface area contributed by atoms with Crippen LogP contribution in [0.3, 0.4) is 0 Å². The van der Waals surface area contributed by atoms with Crippen molar-refractivity contribution in [2.75, 3.05) is 21.3 Å². The molecule has 0 saturated heterocycles. The van der Waals surface area contributed by atoms with Gasteiger partial charge >= 0.3 is 0 Å². The number of hydrogen-bond donors (Lipinski definition) is 0. The zero-order chi connectivity index (χ0) is 21.3. The molecule has 1 amide bonds.